The lowest BCUT2D eigenvalue weighted by Crippen LogP contribution is -2.36. The number of carbonyl (C=O) groups is 1. The zero-order valence-electron chi connectivity index (χ0n) is 5.85. The summed E-state index contributed by atoms with van der Waals surface area (Å²) in [6.45, 7) is 0. The fourth-order valence-electron chi connectivity index (χ4n) is 0.397. The Hall–Kier alpha value is -0.330. The third-order valence-corrected chi connectivity index (χ3v) is 1.76. The van der Waals surface area contributed by atoms with E-state index in [0.717, 1.165) is 6.26 Å². The Kier molecular flexibility index (Phi) is 5.46. The van der Waals surface area contributed by atoms with E-state index in [-0.39, 0.29) is 12.4 Å². The summed E-state index contributed by atoms with van der Waals surface area (Å²) in [5.41, 5.74) is 4.92. The summed E-state index contributed by atoms with van der Waals surface area (Å²) in [5.74, 6) is -1.81. The van der Waals surface area contributed by atoms with Gasteiger partial charge in [0.15, 0.2) is 0 Å². The summed E-state index contributed by atoms with van der Waals surface area (Å²) in [6.07, 6.45) is 0.940. The summed E-state index contributed by atoms with van der Waals surface area (Å²) in [4.78, 5) is 9.99. The molecule has 0 rings (SSSR count). The first-order valence-corrected chi connectivity index (χ1v) is 4.55. The first-order valence-electron chi connectivity index (χ1n) is 2.49. The van der Waals surface area contributed by atoms with Crippen molar-refractivity contribution in [3.8, 4) is 0 Å². The molecule has 0 aliphatic heterocycles. The molecule has 1 unspecified atom stereocenters. The first kappa shape index (κ1) is 13.3. The number of sulfone groups is 1. The molecule has 0 aromatic rings. The molecule has 0 aliphatic carbocycles. The number of carboxylic acid groups (broad SMARTS) is 1. The van der Waals surface area contributed by atoms with Crippen molar-refractivity contribution < 1.29 is 18.3 Å². The fourth-order valence-corrected chi connectivity index (χ4v) is 1.19. The molecule has 1 atom stereocenters. The summed E-state index contributed by atoms with van der Waals surface area (Å²) in [6, 6.07) is -1.31. The molecule has 5 nitrogen and oxygen atoms in total. The van der Waals surface area contributed by atoms with Crippen LogP contribution in [0.3, 0.4) is 0 Å². The van der Waals surface area contributed by atoms with Crippen LogP contribution in [0.2, 0.25) is 0 Å². The minimum atomic E-state index is -3.27. The molecule has 0 saturated heterocycles. The van der Waals surface area contributed by atoms with Gasteiger partial charge in [-0.2, -0.15) is 0 Å². The maximum Gasteiger partial charge on any atom is 0.321 e. The number of nitrogens with two attached hydrogens (primary N) is 1. The monoisotopic (exact) mass is 203 g/mol. The van der Waals surface area contributed by atoms with Crippen LogP contribution in [0.5, 0.6) is 0 Å². The molecule has 0 aromatic carbocycles. The van der Waals surface area contributed by atoms with Crippen LogP contribution in [0.1, 0.15) is 0 Å². The van der Waals surface area contributed by atoms with Gasteiger partial charge in [-0.25, -0.2) is 8.42 Å². The highest BCUT2D eigenvalue weighted by Gasteiger charge is 2.16. The molecule has 11 heavy (non-hydrogen) atoms. The van der Waals surface area contributed by atoms with Crippen molar-refractivity contribution in [1.82, 2.24) is 0 Å². The quantitative estimate of drug-likeness (QED) is 0.605. The van der Waals surface area contributed by atoms with Gasteiger partial charge in [0.05, 0.1) is 5.75 Å². The zero-order chi connectivity index (χ0) is 8.36. The molecule has 0 aliphatic rings. The maximum absolute atomic E-state index is 10.4. The molecule has 0 aromatic heterocycles. The number of carboxylic acids is 1. The lowest BCUT2D eigenvalue weighted by Gasteiger charge is -2.02. The van der Waals surface area contributed by atoms with Crippen molar-refractivity contribution in [3.05, 3.63) is 0 Å². The van der Waals surface area contributed by atoms with Crippen molar-refractivity contribution in [2.24, 2.45) is 5.73 Å². The topological polar surface area (TPSA) is 97.5 Å². The molecular formula is C4H10ClNO4S. The number of aliphatic carboxylic acids is 1. The zero-order valence-corrected chi connectivity index (χ0v) is 7.48. The average Bonchev–Trinajstić information content (AvgIpc) is 1.60. The van der Waals surface area contributed by atoms with Gasteiger partial charge in [-0.05, 0) is 0 Å². The Balaban J connectivity index is 0. The average molecular weight is 204 g/mol. The van der Waals surface area contributed by atoms with Gasteiger partial charge >= 0.3 is 5.97 Å². The van der Waals surface area contributed by atoms with Gasteiger partial charge in [0.2, 0.25) is 0 Å². The van der Waals surface area contributed by atoms with Crippen LogP contribution in [-0.2, 0) is 14.6 Å². The van der Waals surface area contributed by atoms with Crippen LogP contribution in [0.4, 0.5) is 0 Å². The molecule has 68 valence electrons. The summed E-state index contributed by atoms with van der Waals surface area (Å²) < 4.78 is 20.8. The summed E-state index contributed by atoms with van der Waals surface area (Å²) in [5, 5.41) is 8.16. The highest BCUT2D eigenvalue weighted by Crippen LogP contribution is 1.87. The molecule has 0 bridgehead atoms. The van der Waals surface area contributed by atoms with Crippen molar-refractivity contribution in [2.45, 2.75) is 6.04 Å². The van der Waals surface area contributed by atoms with Gasteiger partial charge < -0.3 is 10.8 Å². The van der Waals surface area contributed by atoms with Gasteiger partial charge in [-0.1, -0.05) is 0 Å². The SMILES string of the molecule is CS(=O)(=O)CC(N)C(=O)O.Cl. The number of halogens is 1. The van der Waals surface area contributed by atoms with E-state index in [1.54, 1.807) is 0 Å². The van der Waals surface area contributed by atoms with E-state index in [2.05, 4.69) is 0 Å². The largest absolute Gasteiger partial charge is 0.480 e. The van der Waals surface area contributed by atoms with E-state index < -0.39 is 27.6 Å². The predicted molar refractivity (Wildman–Crippen MR) is 42.6 cm³/mol. The number of hydrogen-bond donors (Lipinski definition) is 2. The Morgan fingerprint density at radius 1 is 1.64 bits per heavy atom. The molecule has 0 saturated carbocycles. The standard InChI is InChI=1S/C4H9NO4S.ClH/c1-10(8,9)2-3(5)4(6)7;/h3H,2,5H2,1H3,(H,6,7);1H. The van der Waals surface area contributed by atoms with Crippen molar-refractivity contribution in [1.29, 1.82) is 0 Å². The molecule has 7 heteroatoms. The van der Waals surface area contributed by atoms with E-state index in [4.69, 9.17) is 10.8 Å². The smallest absolute Gasteiger partial charge is 0.321 e. The van der Waals surface area contributed by atoms with Crippen LogP contribution in [0.25, 0.3) is 0 Å². The molecule has 0 spiro atoms. The highest BCUT2D eigenvalue weighted by molar-refractivity contribution is 7.90. The molecule has 0 radical (unpaired) electrons. The second-order valence-corrected chi connectivity index (χ2v) is 4.22. The van der Waals surface area contributed by atoms with Gasteiger partial charge in [0.25, 0.3) is 0 Å². The van der Waals surface area contributed by atoms with E-state index in [0.29, 0.717) is 0 Å². The van der Waals surface area contributed by atoms with Crippen LogP contribution in [0.15, 0.2) is 0 Å². The first-order chi connectivity index (χ1) is 4.33. The van der Waals surface area contributed by atoms with Crippen LogP contribution >= 0.6 is 12.4 Å². The Morgan fingerprint density at radius 3 is 2.09 bits per heavy atom. The van der Waals surface area contributed by atoms with Crippen molar-refractivity contribution in [2.75, 3.05) is 12.0 Å². The Morgan fingerprint density at radius 2 is 2.00 bits per heavy atom. The summed E-state index contributed by atoms with van der Waals surface area (Å²) >= 11 is 0. The molecule has 3 N–H and O–H groups in total. The molecule has 0 fully saturated rings. The molecule has 0 amide bonds. The number of rotatable bonds is 3. The lowest BCUT2D eigenvalue weighted by molar-refractivity contribution is -0.137. The minimum Gasteiger partial charge on any atom is -0.480 e. The van der Waals surface area contributed by atoms with Gasteiger partial charge in [-0.3, -0.25) is 4.79 Å². The van der Waals surface area contributed by atoms with Gasteiger partial charge in [-0.15, -0.1) is 12.4 Å². The van der Waals surface area contributed by atoms with Gasteiger partial charge in [0, 0.05) is 6.26 Å². The van der Waals surface area contributed by atoms with Crippen molar-refractivity contribution in [3.63, 3.8) is 0 Å². The third kappa shape index (κ3) is 7.57. The highest BCUT2D eigenvalue weighted by atomic mass is 35.5. The predicted octanol–water partition coefficient (Wildman–Crippen LogP) is -1.14. The van der Waals surface area contributed by atoms with Crippen molar-refractivity contribution >= 4 is 28.2 Å². The normalized spacial score (nSPS) is 13.3. The van der Waals surface area contributed by atoms with Gasteiger partial charge in [0.1, 0.15) is 15.9 Å². The second-order valence-electron chi connectivity index (χ2n) is 2.04. The van der Waals surface area contributed by atoms with E-state index in [9.17, 15) is 13.2 Å². The van der Waals surface area contributed by atoms with E-state index in [1.807, 2.05) is 0 Å². The third-order valence-electron chi connectivity index (χ3n) is 0.800. The molecular weight excluding hydrogens is 194 g/mol. The summed E-state index contributed by atoms with van der Waals surface area (Å²) in [7, 11) is -3.27. The van der Waals surface area contributed by atoms with E-state index in [1.165, 1.54) is 0 Å². The van der Waals surface area contributed by atoms with Crippen LogP contribution in [0, 0.1) is 0 Å². The second kappa shape index (κ2) is 4.53. The number of hydrogen-bond acceptors (Lipinski definition) is 4. The Bertz CT molecular complexity index is 224. The molecule has 0 heterocycles. The lowest BCUT2D eigenvalue weighted by atomic mass is 10.4. The minimum absolute atomic E-state index is 0. The van der Waals surface area contributed by atoms with Crippen LogP contribution < -0.4 is 5.73 Å². The maximum atomic E-state index is 10.4. The van der Waals surface area contributed by atoms with Crippen LogP contribution in [-0.4, -0.2) is 37.5 Å². The fraction of sp³-hybridized carbons (Fsp3) is 0.750. The van der Waals surface area contributed by atoms with E-state index >= 15 is 0 Å². The Labute approximate surface area is 70.9 Å².